The van der Waals surface area contributed by atoms with Crippen LogP contribution >= 0.6 is 0 Å². The first kappa shape index (κ1) is 21.7. The molecule has 0 fully saturated rings. The lowest BCUT2D eigenvalue weighted by atomic mass is 10.1. The first-order valence-corrected chi connectivity index (χ1v) is 10.6. The number of fused-ring (bicyclic) bond motifs is 3. The number of hydrogen-bond donors (Lipinski definition) is 0. The van der Waals surface area contributed by atoms with Gasteiger partial charge in [0, 0.05) is 13.7 Å². The first-order chi connectivity index (χ1) is 16.6. The van der Waals surface area contributed by atoms with Crippen molar-refractivity contribution in [3.8, 4) is 16.9 Å². The van der Waals surface area contributed by atoms with E-state index in [1.807, 2.05) is 24.3 Å². The van der Waals surface area contributed by atoms with Crippen LogP contribution in [0.3, 0.4) is 0 Å². The zero-order chi connectivity index (χ0) is 23.7. The van der Waals surface area contributed by atoms with E-state index in [1.165, 1.54) is 27.5 Å². The van der Waals surface area contributed by atoms with E-state index in [1.54, 1.807) is 26.4 Å². The maximum atomic E-state index is 13.5. The maximum absolute atomic E-state index is 13.5. The zero-order valence-corrected chi connectivity index (χ0v) is 18.6. The fourth-order valence-electron chi connectivity index (χ4n) is 3.96. The summed E-state index contributed by atoms with van der Waals surface area (Å²) in [6.45, 7) is 0.601. The van der Waals surface area contributed by atoms with Gasteiger partial charge in [0.2, 0.25) is 0 Å². The predicted octanol–water partition coefficient (Wildman–Crippen LogP) is 3.04. The largest absolute Gasteiger partial charge is 0.496 e. The van der Waals surface area contributed by atoms with E-state index in [-0.39, 0.29) is 29.1 Å². The fraction of sp³-hybridized carbons (Fsp3) is 0.208. The first-order valence-electron chi connectivity index (χ1n) is 10.6. The molecule has 9 nitrogen and oxygen atoms in total. The number of aromatic nitrogens is 6. The average Bonchev–Trinajstić information content (AvgIpc) is 3.23. The summed E-state index contributed by atoms with van der Waals surface area (Å²) in [5.74, 6) is 0.418. The molecule has 0 saturated carbocycles. The van der Waals surface area contributed by atoms with Crippen LogP contribution in [0.4, 0.5) is 4.39 Å². The molecule has 0 atom stereocenters. The standard InChI is InChI=1S/C24H21FN6O3/c1-33-13-18-20(16-7-9-17(25)10-8-16)22-28-27-21-23(31(22)29-18)26-14-30(24(21)32)12-11-15-5-3-4-6-19(15)34-2/h3-10,14H,11-13H2,1-2H3. The van der Waals surface area contributed by atoms with Crippen LogP contribution in [0.5, 0.6) is 5.75 Å². The zero-order valence-electron chi connectivity index (χ0n) is 18.6. The molecule has 0 radical (unpaired) electrons. The van der Waals surface area contributed by atoms with Crippen molar-refractivity contribution in [1.82, 2.24) is 29.4 Å². The van der Waals surface area contributed by atoms with Crippen molar-refractivity contribution >= 4 is 16.8 Å². The summed E-state index contributed by atoms with van der Waals surface area (Å²) < 4.78 is 27.1. The lowest BCUT2D eigenvalue weighted by Gasteiger charge is -2.10. The Morgan fingerprint density at radius 3 is 2.56 bits per heavy atom. The quantitative estimate of drug-likeness (QED) is 0.368. The monoisotopic (exact) mass is 460 g/mol. The van der Waals surface area contributed by atoms with Gasteiger partial charge >= 0.3 is 0 Å². The molecule has 0 N–H and O–H groups in total. The van der Waals surface area contributed by atoms with Gasteiger partial charge in [0.15, 0.2) is 16.8 Å². The van der Waals surface area contributed by atoms with E-state index >= 15 is 0 Å². The molecule has 0 amide bonds. The van der Waals surface area contributed by atoms with Crippen molar-refractivity contribution in [2.75, 3.05) is 14.2 Å². The summed E-state index contributed by atoms with van der Waals surface area (Å²) >= 11 is 0. The van der Waals surface area contributed by atoms with E-state index in [0.29, 0.717) is 35.4 Å². The third-order valence-corrected chi connectivity index (χ3v) is 5.60. The summed E-state index contributed by atoms with van der Waals surface area (Å²) in [7, 11) is 3.17. The molecule has 34 heavy (non-hydrogen) atoms. The molecular formula is C24H21FN6O3. The van der Waals surface area contributed by atoms with Gasteiger partial charge in [-0.15, -0.1) is 10.2 Å². The average molecular weight is 460 g/mol. The second-order valence-corrected chi connectivity index (χ2v) is 7.67. The smallest absolute Gasteiger partial charge is 0.283 e. The molecule has 0 aliphatic carbocycles. The van der Waals surface area contributed by atoms with E-state index < -0.39 is 0 Å². The number of nitrogens with zero attached hydrogens (tertiary/aromatic N) is 6. The van der Waals surface area contributed by atoms with Crippen molar-refractivity contribution in [2.24, 2.45) is 0 Å². The summed E-state index contributed by atoms with van der Waals surface area (Å²) in [6.07, 6.45) is 2.07. The number of aryl methyl sites for hydroxylation is 2. The molecule has 0 saturated heterocycles. The van der Waals surface area contributed by atoms with Crippen molar-refractivity contribution < 1.29 is 13.9 Å². The van der Waals surface area contributed by atoms with Gasteiger partial charge in [-0.05, 0) is 35.7 Å². The highest BCUT2D eigenvalue weighted by molar-refractivity contribution is 5.83. The molecule has 0 bridgehead atoms. The topological polar surface area (TPSA) is 96.4 Å². The van der Waals surface area contributed by atoms with Crippen LogP contribution in [-0.4, -0.2) is 43.6 Å². The number of hydrogen-bond acceptors (Lipinski definition) is 7. The number of ether oxygens (including phenoxy) is 2. The minimum absolute atomic E-state index is 0.104. The van der Waals surface area contributed by atoms with Crippen molar-refractivity contribution in [1.29, 1.82) is 0 Å². The molecule has 3 heterocycles. The van der Waals surface area contributed by atoms with Crippen molar-refractivity contribution in [3.05, 3.63) is 82.3 Å². The fourth-order valence-corrected chi connectivity index (χ4v) is 3.96. The van der Waals surface area contributed by atoms with Crippen LogP contribution in [0, 0.1) is 5.82 Å². The van der Waals surface area contributed by atoms with E-state index in [2.05, 4.69) is 20.3 Å². The Labute approximate surface area is 193 Å². The minimum atomic E-state index is -0.347. The molecule has 0 unspecified atom stereocenters. The van der Waals surface area contributed by atoms with E-state index in [9.17, 15) is 9.18 Å². The lowest BCUT2D eigenvalue weighted by Crippen LogP contribution is -2.24. The Hall–Kier alpha value is -4.18. The van der Waals surface area contributed by atoms with Crippen LogP contribution in [0.1, 0.15) is 11.3 Å². The number of benzene rings is 2. The molecule has 5 aromatic rings. The van der Waals surface area contributed by atoms with Gasteiger partial charge in [0.05, 0.1) is 25.0 Å². The van der Waals surface area contributed by atoms with Crippen LogP contribution in [-0.2, 0) is 24.3 Å². The predicted molar refractivity (Wildman–Crippen MR) is 123 cm³/mol. The number of methoxy groups -OCH3 is 2. The molecule has 0 aliphatic rings. The second-order valence-electron chi connectivity index (χ2n) is 7.67. The van der Waals surface area contributed by atoms with Gasteiger partial charge in [-0.1, -0.05) is 30.3 Å². The molecule has 2 aromatic carbocycles. The molecule has 0 spiro atoms. The molecule has 3 aromatic heterocycles. The van der Waals surface area contributed by atoms with Gasteiger partial charge in [-0.25, -0.2) is 9.37 Å². The Morgan fingerprint density at radius 2 is 1.79 bits per heavy atom. The minimum Gasteiger partial charge on any atom is -0.496 e. The van der Waals surface area contributed by atoms with Crippen LogP contribution in [0.15, 0.2) is 59.7 Å². The van der Waals surface area contributed by atoms with Gasteiger partial charge in [-0.2, -0.15) is 9.61 Å². The third-order valence-electron chi connectivity index (χ3n) is 5.60. The van der Waals surface area contributed by atoms with Crippen LogP contribution in [0.2, 0.25) is 0 Å². The maximum Gasteiger partial charge on any atom is 0.283 e. The SMILES string of the molecule is COCc1nn2c(nnc3c(=O)n(CCc4ccccc4OC)cnc32)c1-c1ccc(F)cc1. The molecule has 5 rings (SSSR count). The highest BCUT2D eigenvalue weighted by Gasteiger charge is 2.20. The van der Waals surface area contributed by atoms with E-state index in [4.69, 9.17) is 9.47 Å². The Balaban J connectivity index is 1.58. The Kier molecular flexibility index (Phi) is 5.72. The summed E-state index contributed by atoms with van der Waals surface area (Å²) in [5.41, 5.74) is 3.41. The molecule has 172 valence electrons. The van der Waals surface area contributed by atoms with E-state index in [0.717, 1.165) is 11.3 Å². The van der Waals surface area contributed by atoms with Gasteiger partial charge in [0.25, 0.3) is 5.56 Å². The lowest BCUT2D eigenvalue weighted by molar-refractivity contribution is 0.181. The van der Waals surface area contributed by atoms with Crippen LogP contribution in [0.25, 0.3) is 27.9 Å². The number of halogens is 1. The number of para-hydroxylation sites is 1. The Bertz CT molecular complexity index is 1540. The molecule has 10 heteroatoms. The second kappa shape index (κ2) is 8.99. The Morgan fingerprint density at radius 1 is 1.00 bits per heavy atom. The summed E-state index contributed by atoms with van der Waals surface area (Å²) in [5, 5.41) is 13.1. The van der Waals surface area contributed by atoms with Gasteiger partial charge in [0.1, 0.15) is 17.9 Å². The highest BCUT2D eigenvalue weighted by Crippen LogP contribution is 2.29. The van der Waals surface area contributed by atoms with Crippen molar-refractivity contribution in [2.45, 2.75) is 19.6 Å². The normalized spacial score (nSPS) is 11.4. The summed E-state index contributed by atoms with van der Waals surface area (Å²) in [6, 6.07) is 13.7. The molecular weight excluding hydrogens is 439 g/mol. The van der Waals surface area contributed by atoms with Gasteiger partial charge in [-0.3, -0.25) is 9.36 Å². The number of rotatable bonds is 7. The highest BCUT2D eigenvalue weighted by atomic mass is 19.1. The molecule has 0 aliphatic heterocycles. The van der Waals surface area contributed by atoms with Crippen molar-refractivity contribution in [3.63, 3.8) is 0 Å². The summed E-state index contributed by atoms with van der Waals surface area (Å²) in [4.78, 5) is 17.6. The van der Waals surface area contributed by atoms with Gasteiger partial charge < -0.3 is 9.47 Å². The third kappa shape index (κ3) is 3.77. The van der Waals surface area contributed by atoms with Crippen LogP contribution < -0.4 is 10.3 Å².